The van der Waals surface area contributed by atoms with Crippen LogP contribution >= 0.6 is 0 Å². The Morgan fingerprint density at radius 2 is 1.38 bits per heavy atom. The van der Waals surface area contributed by atoms with E-state index in [0.29, 0.717) is 11.5 Å². The summed E-state index contributed by atoms with van der Waals surface area (Å²) in [6.07, 6.45) is 1.85. The molecular formula is C24H24O2. The topological polar surface area (TPSA) is 26.3 Å². The molecule has 0 aliphatic rings. The average molecular weight is 344 g/mol. The second kappa shape index (κ2) is 8.01. The Labute approximate surface area is 155 Å². The highest BCUT2D eigenvalue weighted by Crippen LogP contribution is 2.26. The fraction of sp³-hybridized carbons (Fsp3) is 0.208. The van der Waals surface area contributed by atoms with Gasteiger partial charge in [0, 0.05) is 5.56 Å². The first-order valence-electron chi connectivity index (χ1n) is 8.94. The van der Waals surface area contributed by atoms with Crippen LogP contribution in [0.5, 0.6) is 11.5 Å². The van der Waals surface area contributed by atoms with Crippen LogP contribution in [0.4, 0.5) is 0 Å². The van der Waals surface area contributed by atoms with Gasteiger partial charge in [-0.1, -0.05) is 48.4 Å². The lowest BCUT2D eigenvalue weighted by Crippen LogP contribution is -1.99. The number of hydrogen-bond acceptors (Lipinski definition) is 2. The first kappa shape index (κ1) is 17.9. The van der Waals surface area contributed by atoms with Crippen LogP contribution in [0.1, 0.15) is 45.5 Å². The summed E-state index contributed by atoms with van der Waals surface area (Å²) in [6, 6.07) is 22.1. The molecule has 0 saturated heterocycles. The molecule has 2 nitrogen and oxygen atoms in total. The zero-order valence-corrected chi connectivity index (χ0v) is 15.5. The minimum absolute atomic E-state index is 0.442. The molecule has 0 amide bonds. The predicted molar refractivity (Wildman–Crippen MR) is 106 cm³/mol. The quantitative estimate of drug-likeness (QED) is 0.494. The summed E-state index contributed by atoms with van der Waals surface area (Å²) in [4.78, 5) is 10.7. The molecule has 0 radical (unpaired) electrons. The first-order chi connectivity index (χ1) is 12.5. The molecule has 0 aromatic heterocycles. The lowest BCUT2D eigenvalue weighted by molar-refractivity contribution is 0.112. The number of benzene rings is 3. The molecule has 2 heteroatoms. The van der Waals surface area contributed by atoms with Crippen LogP contribution in [-0.4, -0.2) is 6.29 Å². The number of carbonyl (C=O) groups is 1. The normalized spacial score (nSPS) is 11.8. The molecule has 1 atom stereocenters. The van der Waals surface area contributed by atoms with Gasteiger partial charge < -0.3 is 4.74 Å². The van der Waals surface area contributed by atoms with Crippen molar-refractivity contribution in [1.82, 2.24) is 0 Å². The van der Waals surface area contributed by atoms with Crippen molar-refractivity contribution in [2.75, 3.05) is 0 Å². The Balaban J connectivity index is 1.66. The van der Waals surface area contributed by atoms with Crippen molar-refractivity contribution < 1.29 is 9.53 Å². The minimum Gasteiger partial charge on any atom is -0.457 e. The SMILES string of the molecule is Cc1cc(C)cc(CC(C)c2ccc(Oc3ccc(C=O)cc3)cc2)c1. The number of aldehydes is 1. The number of ether oxygens (including phenoxy) is 1. The number of carbonyl (C=O) groups excluding carboxylic acids is 1. The molecule has 0 aliphatic carbocycles. The van der Waals surface area contributed by atoms with E-state index in [9.17, 15) is 4.79 Å². The zero-order chi connectivity index (χ0) is 18.5. The van der Waals surface area contributed by atoms with Crippen LogP contribution in [0.3, 0.4) is 0 Å². The molecule has 1 unspecified atom stereocenters. The van der Waals surface area contributed by atoms with Gasteiger partial charge in [-0.25, -0.2) is 0 Å². The lowest BCUT2D eigenvalue weighted by Gasteiger charge is -2.14. The molecule has 0 heterocycles. The summed E-state index contributed by atoms with van der Waals surface area (Å²) in [5.74, 6) is 1.97. The van der Waals surface area contributed by atoms with E-state index in [1.807, 2.05) is 12.1 Å². The molecule has 0 bridgehead atoms. The highest BCUT2D eigenvalue weighted by molar-refractivity contribution is 5.74. The molecule has 0 aliphatic heterocycles. The van der Waals surface area contributed by atoms with Gasteiger partial charge in [-0.2, -0.15) is 0 Å². The Hall–Kier alpha value is -2.87. The highest BCUT2D eigenvalue weighted by Gasteiger charge is 2.08. The van der Waals surface area contributed by atoms with E-state index in [2.05, 4.69) is 51.1 Å². The summed E-state index contributed by atoms with van der Waals surface area (Å²) in [5, 5.41) is 0. The molecule has 132 valence electrons. The van der Waals surface area contributed by atoms with E-state index in [0.717, 1.165) is 24.2 Å². The summed E-state index contributed by atoms with van der Waals surface area (Å²) in [6.45, 7) is 6.55. The van der Waals surface area contributed by atoms with Crippen molar-refractivity contribution in [3.8, 4) is 11.5 Å². The van der Waals surface area contributed by atoms with Gasteiger partial charge in [0.05, 0.1) is 0 Å². The Morgan fingerprint density at radius 1 is 0.846 bits per heavy atom. The third kappa shape index (κ3) is 4.60. The summed E-state index contributed by atoms with van der Waals surface area (Å²) < 4.78 is 5.85. The van der Waals surface area contributed by atoms with Crippen molar-refractivity contribution in [2.45, 2.75) is 33.1 Å². The Kier molecular flexibility index (Phi) is 5.52. The third-order valence-corrected chi connectivity index (χ3v) is 4.52. The summed E-state index contributed by atoms with van der Waals surface area (Å²) in [7, 11) is 0. The van der Waals surface area contributed by atoms with Crippen molar-refractivity contribution in [1.29, 1.82) is 0 Å². The maximum Gasteiger partial charge on any atom is 0.150 e. The Bertz CT molecular complexity index is 857. The van der Waals surface area contributed by atoms with Crippen LogP contribution in [0.2, 0.25) is 0 Å². The second-order valence-electron chi connectivity index (χ2n) is 6.96. The molecule has 3 rings (SSSR count). The minimum atomic E-state index is 0.442. The Morgan fingerprint density at radius 3 is 1.92 bits per heavy atom. The second-order valence-corrected chi connectivity index (χ2v) is 6.96. The van der Waals surface area contributed by atoms with Gasteiger partial charge in [-0.15, -0.1) is 0 Å². The average Bonchev–Trinajstić information content (AvgIpc) is 2.62. The number of hydrogen-bond donors (Lipinski definition) is 0. The van der Waals surface area contributed by atoms with Gasteiger partial charge in [-0.3, -0.25) is 4.79 Å². The van der Waals surface area contributed by atoms with Gasteiger partial charge in [0.2, 0.25) is 0 Å². The van der Waals surface area contributed by atoms with E-state index >= 15 is 0 Å². The fourth-order valence-electron chi connectivity index (χ4n) is 3.27. The van der Waals surface area contributed by atoms with Crippen LogP contribution in [0, 0.1) is 13.8 Å². The van der Waals surface area contributed by atoms with Crippen LogP contribution in [-0.2, 0) is 6.42 Å². The van der Waals surface area contributed by atoms with Gasteiger partial charge >= 0.3 is 0 Å². The van der Waals surface area contributed by atoms with Gasteiger partial charge in [0.1, 0.15) is 17.8 Å². The molecule has 26 heavy (non-hydrogen) atoms. The third-order valence-electron chi connectivity index (χ3n) is 4.52. The molecule has 0 spiro atoms. The molecule has 3 aromatic rings. The molecule has 0 fully saturated rings. The van der Waals surface area contributed by atoms with Crippen molar-refractivity contribution in [3.63, 3.8) is 0 Å². The van der Waals surface area contributed by atoms with E-state index in [4.69, 9.17) is 4.74 Å². The maximum atomic E-state index is 10.7. The molecule has 0 saturated carbocycles. The van der Waals surface area contributed by atoms with Crippen molar-refractivity contribution >= 4 is 6.29 Å². The molecule has 3 aromatic carbocycles. The largest absolute Gasteiger partial charge is 0.457 e. The van der Waals surface area contributed by atoms with E-state index in [1.165, 1.54) is 22.3 Å². The standard InChI is InChI=1S/C24H24O2/c1-17-12-18(2)14-21(13-17)15-19(3)22-6-10-24(11-7-22)26-23-8-4-20(16-25)5-9-23/h4-14,16,19H,15H2,1-3H3. The smallest absolute Gasteiger partial charge is 0.150 e. The van der Waals surface area contributed by atoms with E-state index < -0.39 is 0 Å². The van der Waals surface area contributed by atoms with Gasteiger partial charge in [-0.05, 0) is 73.7 Å². The van der Waals surface area contributed by atoms with Crippen LogP contribution in [0.15, 0.2) is 66.7 Å². The molecular weight excluding hydrogens is 320 g/mol. The van der Waals surface area contributed by atoms with Gasteiger partial charge in [0.15, 0.2) is 0 Å². The number of rotatable bonds is 6. The number of aryl methyl sites for hydroxylation is 2. The zero-order valence-electron chi connectivity index (χ0n) is 15.5. The van der Waals surface area contributed by atoms with Crippen LogP contribution in [0.25, 0.3) is 0 Å². The predicted octanol–water partition coefficient (Wildman–Crippen LogP) is 6.25. The highest BCUT2D eigenvalue weighted by atomic mass is 16.5. The molecule has 0 N–H and O–H groups in total. The van der Waals surface area contributed by atoms with E-state index in [1.54, 1.807) is 24.3 Å². The fourth-order valence-corrected chi connectivity index (χ4v) is 3.27. The van der Waals surface area contributed by atoms with Crippen molar-refractivity contribution in [2.24, 2.45) is 0 Å². The summed E-state index contributed by atoms with van der Waals surface area (Å²) in [5.41, 5.74) is 5.96. The van der Waals surface area contributed by atoms with Crippen molar-refractivity contribution in [3.05, 3.63) is 94.5 Å². The first-order valence-corrected chi connectivity index (χ1v) is 8.94. The van der Waals surface area contributed by atoms with Gasteiger partial charge in [0.25, 0.3) is 0 Å². The van der Waals surface area contributed by atoms with Crippen LogP contribution < -0.4 is 4.74 Å². The van der Waals surface area contributed by atoms with E-state index in [-0.39, 0.29) is 0 Å². The maximum absolute atomic E-state index is 10.7. The summed E-state index contributed by atoms with van der Waals surface area (Å²) >= 11 is 0. The monoisotopic (exact) mass is 344 g/mol. The lowest BCUT2D eigenvalue weighted by atomic mass is 9.92.